The lowest BCUT2D eigenvalue weighted by Crippen LogP contribution is -2.45. The van der Waals surface area contributed by atoms with E-state index in [1.54, 1.807) is 0 Å². The highest BCUT2D eigenvalue weighted by atomic mass is 16.5. The van der Waals surface area contributed by atoms with Gasteiger partial charge in [0.15, 0.2) is 6.10 Å². The Kier molecular flexibility index (Phi) is 4.08. The van der Waals surface area contributed by atoms with E-state index in [4.69, 9.17) is 8.85 Å². The second kappa shape index (κ2) is 6.48. The van der Waals surface area contributed by atoms with Crippen LogP contribution in [0.2, 0.25) is 0 Å². The van der Waals surface area contributed by atoms with E-state index in [1.807, 2.05) is 21.1 Å². The van der Waals surface area contributed by atoms with Crippen molar-refractivity contribution in [2.45, 2.75) is 32.2 Å². The minimum Gasteiger partial charge on any atom is -0.550 e. The minimum absolute atomic E-state index is 0.253. The molecule has 0 radical (unpaired) electrons. The summed E-state index contributed by atoms with van der Waals surface area (Å²) in [5.74, 6) is -2.00. The van der Waals surface area contributed by atoms with Gasteiger partial charge in [0.25, 0.3) is 0 Å². The Morgan fingerprint density at radius 1 is 1.44 bits per heavy atom. The molecule has 0 rings (SSSR count). The lowest BCUT2D eigenvalue weighted by Gasteiger charge is -2.29. The number of quaternary nitrogens is 1. The summed E-state index contributed by atoms with van der Waals surface area (Å²) < 4.78 is 26.4. The van der Waals surface area contributed by atoms with Crippen LogP contribution in [0.4, 0.5) is 0 Å². The number of aliphatic carboxylic acids is 1. The summed E-state index contributed by atoms with van der Waals surface area (Å²) in [5.41, 5.74) is 0. The standard InChI is InChI=1S/C11H21NO4/c1-5-6-11(15)16-9(7-10(13)14)8-12(2,3)4/h9H,5-8H2,1-4H3/t9-/m1/s1/i1D3. The highest BCUT2D eigenvalue weighted by Crippen LogP contribution is 2.06. The van der Waals surface area contributed by atoms with Gasteiger partial charge >= 0.3 is 5.97 Å². The fourth-order valence-electron chi connectivity index (χ4n) is 1.29. The Morgan fingerprint density at radius 3 is 2.50 bits per heavy atom. The molecule has 0 aliphatic rings. The molecule has 0 heterocycles. The molecule has 0 aromatic carbocycles. The Hall–Kier alpha value is -1.10. The summed E-state index contributed by atoms with van der Waals surface area (Å²) in [6, 6.07) is 0. The van der Waals surface area contributed by atoms with Crippen LogP contribution in [0.3, 0.4) is 0 Å². The van der Waals surface area contributed by atoms with Gasteiger partial charge in [-0.3, -0.25) is 4.79 Å². The van der Waals surface area contributed by atoms with Crippen molar-refractivity contribution in [1.29, 1.82) is 0 Å². The number of hydrogen-bond donors (Lipinski definition) is 0. The van der Waals surface area contributed by atoms with Gasteiger partial charge in [-0.25, -0.2) is 0 Å². The highest BCUT2D eigenvalue weighted by molar-refractivity contribution is 5.70. The SMILES string of the molecule is [2H]C([2H])([2H])CCC(=O)O[C@H](CC(=O)[O-])C[N+](C)(C)C. The van der Waals surface area contributed by atoms with Crippen molar-refractivity contribution in [2.75, 3.05) is 27.7 Å². The van der Waals surface area contributed by atoms with Gasteiger partial charge in [0.05, 0.1) is 21.1 Å². The maximum absolute atomic E-state index is 11.5. The van der Waals surface area contributed by atoms with Crippen LogP contribution < -0.4 is 5.11 Å². The average molecular weight is 234 g/mol. The van der Waals surface area contributed by atoms with Crippen molar-refractivity contribution >= 4 is 11.9 Å². The van der Waals surface area contributed by atoms with Crippen LogP contribution in [0.15, 0.2) is 0 Å². The molecule has 0 aliphatic carbocycles. The van der Waals surface area contributed by atoms with E-state index in [9.17, 15) is 14.7 Å². The number of carboxylic acids is 1. The molecular weight excluding hydrogens is 210 g/mol. The highest BCUT2D eigenvalue weighted by Gasteiger charge is 2.21. The van der Waals surface area contributed by atoms with Crippen molar-refractivity contribution in [1.82, 2.24) is 0 Å². The third kappa shape index (κ3) is 8.23. The first-order chi connectivity index (χ1) is 8.39. The molecule has 0 saturated heterocycles. The normalized spacial score (nSPS) is 16.8. The molecule has 5 heteroatoms. The molecule has 0 aromatic heterocycles. The van der Waals surface area contributed by atoms with E-state index in [0.29, 0.717) is 11.0 Å². The molecule has 0 N–H and O–H groups in total. The Labute approximate surface area is 101 Å². The molecule has 0 bridgehead atoms. The largest absolute Gasteiger partial charge is 0.550 e. The molecule has 0 amide bonds. The van der Waals surface area contributed by atoms with Crippen LogP contribution in [0.25, 0.3) is 0 Å². The van der Waals surface area contributed by atoms with Crippen LogP contribution in [-0.2, 0) is 14.3 Å². The fraction of sp³-hybridized carbons (Fsp3) is 0.818. The summed E-state index contributed by atoms with van der Waals surface area (Å²) in [4.78, 5) is 22.1. The van der Waals surface area contributed by atoms with Crippen molar-refractivity contribution in [3.63, 3.8) is 0 Å². The van der Waals surface area contributed by atoms with Crippen LogP contribution >= 0.6 is 0 Å². The molecule has 16 heavy (non-hydrogen) atoms. The van der Waals surface area contributed by atoms with E-state index >= 15 is 0 Å². The molecule has 0 saturated carbocycles. The molecule has 0 fully saturated rings. The van der Waals surface area contributed by atoms with Gasteiger partial charge in [0.1, 0.15) is 6.54 Å². The third-order valence-corrected chi connectivity index (χ3v) is 1.77. The first kappa shape index (κ1) is 10.1. The van der Waals surface area contributed by atoms with Crippen molar-refractivity contribution in [3.8, 4) is 0 Å². The second-order valence-electron chi connectivity index (χ2n) is 4.66. The summed E-state index contributed by atoms with van der Waals surface area (Å²) in [6.07, 6.45) is -1.74. The molecule has 0 spiro atoms. The first-order valence-corrected chi connectivity index (χ1v) is 5.09. The van der Waals surface area contributed by atoms with E-state index in [0.717, 1.165) is 0 Å². The van der Waals surface area contributed by atoms with Crippen molar-refractivity contribution < 1.29 is 28.0 Å². The predicted octanol–water partition coefficient (Wildman–Crippen LogP) is -0.455. The van der Waals surface area contributed by atoms with Crippen LogP contribution in [-0.4, -0.2) is 50.2 Å². The Balaban J connectivity index is 4.39. The van der Waals surface area contributed by atoms with Gasteiger partial charge in [0, 0.05) is 22.9 Å². The van der Waals surface area contributed by atoms with E-state index in [-0.39, 0.29) is 12.8 Å². The smallest absolute Gasteiger partial charge is 0.306 e. The molecule has 94 valence electrons. The summed E-state index contributed by atoms with van der Waals surface area (Å²) in [6.45, 7) is -1.88. The average Bonchev–Trinajstić information content (AvgIpc) is 2.09. The zero-order chi connectivity index (χ0) is 15.3. The van der Waals surface area contributed by atoms with Gasteiger partial charge in [-0.2, -0.15) is 0 Å². The monoisotopic (exact) mass is 234 g/mol. The second-order valence-corrected chi connectivity index (χ2v) is 4.66. The van der Waals surface area contributed by atoms with Crippen LogP contribution in [0, 0.1) is 0 Å². The molecule has 5 nitrogen and oxygen atoms in total. The Bertz CT molecular complexity index is 323. The quantitative estimate of drug-likeness (QED) is 0.442. The Morgan fingerprint density at radius 2 is 2.06 bits per heavy atom. The van der Waals surface area contributed by atoms with Gasteiger partial charge < -0.3 is 19.1 Å². The third-order valence-electron chi connectivity index (χ3n) is 1.77. The number of likely N-dealkylation sites (N-methyl/N-ethyl adjacent to an activating group) is 1. The molecule has 0 unspecified atom stereocenters. The molecule has 0 aliphatic heterocycles. The fourth-order valence-corrected chi connectivity index (χ4v) is 1.29. The van der Waals surface area contributed by atoms with Gasteiger partial charge in [-0.05, 0) is 6.42 Å². The van der Waals surface area contributed by atoms with E-state index in [2.05, 4.69) is 0 Å². The first-order valence-electron chi connectivity index (χ1n) is 6.59. The number of carboxylic acid groups (broad SMARTS) is 1. The number of esters is 1. The zero-order valence-electron chi connectivity index (χ0n) is 13.0. The maximum atomic E-state index is 11.5. The number of ether oxygens (including phenoxy) is 1. The van der Waals surface area contributed by atoms with Crippen LogP contribution in [0.1, 0.15) is 30.2 Å². The van der Waals surface area contributed by atoms with E-state index < -0.39 is 31.3 Å². The molecule has 0 aromatic rings. The number of hydrogen-bond acceptors (Lipinski definition) is 4. The minimum atomic E-state index is -2.19. The van der Waals surface area contributed by atoms with Crippen LogP contribution in [0.5, 0.6) is 0 Å². The predicted molar refractivity (Wildman–Crippen MR) is 57.3 cm³/mol. The number of nitrogens with zero attached hydrogens (tertiary/aromatic N) is 1. The summed E-state index contributed by atoms with van der Waals surface area (Å²) in [7, 11) is 5.50. The van der Waals surface area contributed by atoms with Crippen molar-refractivity contribution in [3.05, 3.63) is 0 Å². The zero-order valence-corrected chi connectivity index (χ0v) is 9.99. The lowest BCUT2D eigenvalue weighted by atomic mass is 10.2. The topological polar surface area (TPSA) is 66.4 Å². The molecular formula is C11H21NO4. The number of carbonyl (C=O) groups excluding carboxylic acids is 2. The van der Waals surface area contributed by atoms with Gasteiger partial charge in [0.2, 0.25) is 0 Å². The number of carbonyl (C=O) groups is 2. The summed E-state index contributed by atoms with van der Waals surface area (Å²) in [5, 5.41) is 10.6. The van der Waals surface area contributed by atoms with Gasteiger partial charge in [-0.15, -0.1) is 0 Å². The van der Waals surface area contributed by atoms with Gasteiger partial charge in [-0.1, -0.05) is 6.85 Å². The van der Waals surface area contributed by atoms with Crippen molar-refractivity contribution in [2.24, 2.45) is 0 Å². The molecule has 1 atom stereocenters. The maximum Gasteiger partial charge on any atom is 0.306 e. The van der Waals surface area contributed by atoms with E-state index in [1.165, 1.54) is 0 Å². The lowest BCUT2D eigenvalue weighted by molar-refractivity contribution is -0.873. The number of rotatable bonds is 7. The summed E-state index contributed by atoms with van der Waals surface area (Å²) >= 11 is 0.